The number of aliphatic hydroxyl groups excluding tert-OH is 1. The fourth-order valence-corrected chi connectivity index (χ4v) is 4.30. The van der Waals surface area contributed by atoms with Crippen LogP contribution in [0.15, 0.2) is 23.1 Å². The van der Waals surface area contributed by atoms with E-state index in [9.17, 15) is 23.1 Å². The number of hydrogen-bond donors (Lipinski definition) is 2. The van der Waals surface area contributed by atoms with E-state index in [4.69, 9.17) is 10.5 Å². The van der Waals surface area contributed by atoms with Crippen LogP contribution in [0, 0.1) is 13.8 Å². The van der Waals surface area contributed by atoms with Gasteiger partial charge in [0.2, 0.25) is 10.0 Å². The van der Waals surface area contributed by atoms with Gasteiger partial charge in [-0.2, -0.15) is 4.31 Å². The van der Waals surface area contributed by atoms with Crippen molar-refractivity contribution in [3.63, 3.8) is 0 Å². The zero-order valence-electron chi connectivity index (χ0n) is 14.3. The number of esters is 1. The first-order valence-corrected chi connectivity index (χ1v) is 9.25. The minimum atomic E-state index is -4.00. The third-order valence-corrected chi connectivity index (χ3v) is 6.15. The van der Waals surface area contributed by atoms with Crippen molar-refractivity contribution in [2.45, 2.75) is 50.3 Å². The molecule has 1 aliphatic rings. The standard InChI is InChI=1S/C16H22N2O6S/c1-9-4-5-13(6-10(9)2)25(22,23)18-8-12(19)7-14(18)16(21)24-11(3)15(17)20/h4-6,11-12,14,19H,7-8H2,1-3H3,(H2,17,20)/t11?,12?,14-/m0/s1. The molecule has 1 amide bonds. The third kappa shape index (κ3) is 4.00. The number of ether oxygens (including phenoxy) is 1. The number of rotatable bonds is 5. The van der Waals surface area contributed by atoms with Crippen molar-refractivity contribution < 1.29 is 27.9 Å². The zero-order valence-corrected chi connectivity index (χ0v) is 15.1. The van der Waals surface area contributed by atoms with E-state index in [0.29, 0.717) is 0 Å². The van der Waals surface area contributed by atoms with Crippen molar-refractivity contribution in [3.8, 4) is 0 Å². The lowest BCUT2D eigenvalue weighted by Crippen LogP contribution is -2.43. The second-order valence-corrected chi connectivity index (χ2v) is 8.10. The van der Waals surface area contributed by atoms with Gasteiger partial charge < -0.3 is 15.6 Å². The molecule has 1 fully saturated rings. The summed E-state index contributed by atoms with van der Waals surface area (Å²) in [7, 11) is -4.00. The van der Waals surface area contributed by atoms with Gasteiger partial charge in [-0.15, -0.1) is 0 Å². The summed E-state index contributed by atoms with van der Waals surface area (Å²) in [5.74, 6) is -1.74. The number of benzene rings is 1. The fraction of sp³-hybridized carbons (Fsp3) is 0.500. The third-order valence-electron chi connectivity index (χ3n) is 4.28. The number of carbonyl (C=O) groups is 2. The lowest BCUT2D eigenvalue weighted by atomic mass is 10.1. The number of hydrogen-bond acceptors (Lipinski definition) is 6. The molecule has 0 spiro atoms. The Bertz CT molecular complexity index is 792. The van der Waals surface area contributed by atoms with Crippen molar-refractivity contribution >= 4 is 21.9 Å². The maximum atomic E-state index is 12.9. The zero-order chi connectivity index (χ0) is 18.9. The van der Waals surface area contributed by atoms with Gasteiger partial charge in [-0.1, -0.05) is 6.07 Å². The van der Waals surface area contributed by atoms with E-state index in [-0.39, 0.29) is 17.9 Å². The van der Waals surface area contributed by atoms with Gasteiger partial charge in [0.15, 0.2) is 6.10 Å². The van der Waals surface area contributed by atoms with Gasteiger partial charge in [-0.25, -0.2) is 8.42 Å². The summed E-state index contributed by atoms with van der Waals surface area (Å²) >= 11 is 0. The molecule has 8 nitrogen and oxygen atoms in total. The molecule has 0 saturated carbocycles. The van der Waals surface area contributed by atoms with Crippen LogP contribution in [0.25, 0.3) is 0 Å². The minimum Gasteiger partial charge on any atom is -0.451 e. The van der Waals surface area contributed by atoms with Gasteiger partial charge in [0.1, 0.15) is 6.04 Å². The first-order valence-electron chi connectivity index (χ1n) is 7.81. The predicted octanol–water partition coefficient (Wildman–Crippen LogP) is -0.156. The molecule has 2 unspecified atom stereocenters. The van der Waals surface area contributed by atoms with E-state index in [1.807, 2.05) is 6.92 Å². The van der Waals surface area contributed by atoms with E-state index < -0.39 is 40.1 Å². The second-order valence-electron chi connectivity index (χ2n) is 6.21. The van der Waals surface area contributed by atoms with E-state index in [2.05, 4.69) is 0 Å². The van der Waals surface area contributed by atoms with Crippen LogP contribution in [-0.4, -0.2) is 54.5 Å². The molecule has 9 heteroatoms. The molecule has 1 aromatic rings. The molecule has 3 N–H and O–H groups in total. The molecule has 138 valence electrons. The fourth-order valence-electron chi connectivity index (χ4n) is 2.58. The van der Waals surface area contributed by atoms with E-state index in [1.165, 1.54) is 19.1 Å². The van der Waals surface area contributed by atoms with Crippen LogP contribution in [0.3, 0.4) is 0 Å². The molecule has 0 aromatic heterocycles. The Kier molecular flexibility index (Phi) is 5.50. The molecule has 0 bridgehead atoms. The van der Waals surface area contributed by atoms with Crippen LogP contribution < -0.4 is 5.73 Å². The molecule has 0 radical (unpaired) electrons. The Morgan fingerprint density at radius 3 is 2.52 bits per heavy atom. The molecule has 1 aliphatic heterocycles. The van der Waals surface area contributed by atoms with Crippen LogP contribution in [0.4, 0.5) is 0 Å². The lowest BCUT2D eigenvalue weighted by Gasteiger charge is -2.23. The molecule has 1 heterocycles. The van der Waals surface area contributed by atoms with E-state index >= 15 is 0 Å². The molecule has 0 aliphatic carbocycles. The smallest absolute Gasteiger partial charge is 0.325 e. The number of nitrogens with zero attached hydrogens (tertiary/aromatic N) is 1. The molecule has 25 heavy (non-hydrogen) atoms. The number of aryl methyl sites for hydroxylation is 2. The van der Waals surface area contributed by atoms with Gasteiger partial charge in [0, 0.05) is 13.0 Å². The summed E-state index contributed by atoms with van der Waals surface area (Å²) in [6, 6.07) is 3.45. The molecular formula is C16H22N2O6S. The van der Waals surface area contributed by atoms with Crippen molar-refractivity contribution in [1.82, 2.24) is 4.31 Å². The average molecular weight is 370 g/mol. The Balaban J connectivity index is 2.32. The van der Waals surface area contributed by atoms with Crippen molar-refractivity contribution in [1.29, 1.82) is 0 Å². The van der Waals surface area contributed by atoms with Crippen LogP contribution in [0.5, 0.6) is 0 Å². The molecule has 1 saturated heterocycles. The molecular weight excluding hydrogens is 348 g/mol. The van der Waals surface area contributed by atoms with E-state index in [0.717, 1.165) is 15.4 Å². The summed E-state index contributed by atoms with van der Waals surface area (Å²) in [4.78, 5) is 23.3. The first-order chi connectivity index (χ1) is 11.5. The van der Waals surface area contributed by atoms with Gasteiger partial charge in [-0.05, 0) is 44.0 Å². The number of primary amides is 1. The van der Waals surface area contributed by atoms with Gasteiger partial charge in [0.05, 0.1) is 11.0 Å². The highest BCUT2D eigenvalue weighted by atomic mass is 32.2. The van der Waals surface area contributed by atoms with Gasteiger partial charge in [-0.3, -0.25) is 9.59 Å². The highest BCUT2D eigenvalue weighted by Crippen LogP contribution is 2.28. The number of β-amino-alcohol motifs (C(OH)–C–C–N with tert-alkyl or cyclic N) is 1. The number of carbonyl (C=O) groups excluding carboxylic acids is 2. The number of aliphatic hydroxyl groups is 1. The first kappa shape index (κ1) is 19.4. The molecule has 1 aromatic carbocycles. The van der Waals surface area contributed by atoms with Crippen molar-refractivity contribution in [3.05, 3.63) is 29.3 Å². The highest BCUT2D eigenvalue weighted by Gasteiger charge is 2.45. The quantitative estimate of drug-likeness (QED) is 0.694. The highest BCUT2D eigenvalue weighted by molar-refractivity contribution is 7.89. The Hall–Kier alpha value is -1.97. The summed E-state index contributed by atoms with van der Waals surface area (Å²) in [6.45, 7) is 4.72. The summed E-state index contributed by atoms with van der Waals surface area (Å²) < 4.78 is 31.6. The van der Waals surface area contributed by atoms with Crippen molar-refractivity contribution in [2.75, 3.05) is 6.54 Å². The maximum absolute atomic E-state index is 12.9. The minimum absolute atomic E-state index is 0.0328. The second kappa shape index (κ2) is 7.11. The Morgan fingerprint density at radius 1 is 1.32 bits per heavy atom. The number of amides is 1. The Labute approximate surface area is 146 Å². The van der Waals surface area contributed by atoms with Crippen LogP contribution in [-0.2, 0) is 24.3 Å². The van der Waals surface area contributed by atoms with Crippen LogP contribution in [0.1, 0.15) is 24.5 Å². The topological polar surface area (TPSA) is 127 Å². The molecule has 2 rings (SSSR count). The summed E-state index contributed by atoms with van der Waals surface area (Å²) in [5, 5.41) is 9.87. The summed E-state index contributed by atoms with van der Waals surface area (Å²) in [6.07, 6.45) is -2.28. The normalized spacial score (nSPS) is 22.6. The average Bonchev–Trinajstić information content (AvgIpc) is 2.92. The molecule has 3 atom stereocenters. The Morgan fingerprint density at radius 2 is 1.96 bits per heavy atom. The van der Waals surface area contributed by atoms with Gasteiger partial charge >= 0.3 is 5.97 Å². The number of nitrogens with two attached hydrogens (primary N) is 1. The lowest BCUT2D eigenvalue weighted by molar-refractivity contribution is -0.157. The predicted molar refractivity (Wildman–Crippen MR) is 89.0 cm³/mol. The van der Waals surface area contributed by atoms with Crippen LogP contribution in [0.2, 0.25) is 0 Å². The largest absolute Gasteiger partial charge is 0.451 e. The van der Waals surface area contributed by atoms with E-state index in [1.54, 1.807) is 13.0 Å². The summed E-state index contributed by atoms with van der Waals surface area (Å²) in [5.41, 5.74) is 6.79. The number of sulfonamides is 1. The van der Waals surface area contributed by atoms with Gasteiger partial charge in [0.25, 0.3) is 5.91 Å². The van der Waals surface area contributed by atoms with Crippen molar-refractivity contribution in [2.24, 2.45) is 5.73 Å². The van der Waals surface area contributed by atoms with Crippen LogP contribution >= 0.6 is 0 Å². The maximum Gasteiger partial charge on any atom is 0.325 e. The SMILES string of the molecule is Cc1ccc(S(=O)(=O)N2CC(O)C[C@H]2C(=O)OC(C)C(N)=O)cc1C. The monoisotopic (exact) mass is 370 g/mol.